The maximum atomic E-state index is 4.00. The van der Waals surface area contributed by atoms with Gasteiger partial charge in [0, 0.05) is 18.1 Å². The van der Waals surface area contributed by atoms with E-state index in [0.717, 1.165) is 11.7 Å². The van der Waals surface area contributed by atoms with Crippen LogP contribution in [0.3, 0.4) is 0 Å². The van der Waals surface area contributed by atoms with E-state index in [1.165, 1.54) is 23.7 Å². The van der Waals surface area contributed by atoms with Gasteiger partial charge in [0.25, 0.3) is 0 Å². The van der Waals surface area contributed by atoms with E-state index >= 15 is 0 Å². The fraction of sp³-hybridized carbons (Fsp3) is 0.667. The van der Waals surface area contributed by atoms with E-state index in [-0.39, 0.29) is 0 Å². The number of nitrogens with one attached hydrogen (secondary N) is 1. The predicted octanol–water partition coefficient (Wildman–Crippen LogP) is 1.70. The van der Waals surface area contributed by atoms with Crippen molar-refractivity contribution in [3.8, 4) is 0 Å². The number of hydrogen-bond donors (Lipinski definition) is 1. The van der Waals surface area contributed by atoms with Crippen LogP contribution in [0.4, 0.5) is 5.13 Å². The first-order valence-electron chi connectivity index (χ1n) is 3.43. The molecule has 0 saturated heterocycles. The van der Waals surface area contributed by atoms with Crippen LogP contribution in [-0.2, 0) is 0 Å². The molecule has 0 saturated carbocycles. The van der Waals surface area contributed by atoms with Crippen molar-refractivity contribution in [2.45, 2.75) is 6.42 Å². The van der Waals surface area contributed by atoms with Crippen molar-refractivity contribution >= 4 is 28.4 Å². The number of anilines is 1. The number of nitrogens with zero attached hydrogens (tertiary/aromatic N) is 2. The second-order valence-corrected chi connectivity index (χ2v) is 3.79. The van der Waals surface area contributed by atoms with Crippen molar-refractivity contribution < 1.29 is 0 Å². The first-order chi connectivity index (χ1) is 5.43. The molecule has 11 heavy (non-hydrogen) atoms. The van der Waals surface area contributed by atoms with Gasteiger partial charge in [0.2, 0.25) is 5.13 Å². The molecule has 0 unspecified atom stereocenters. The Kier molecular flexibility index (Phi) is 4.30. The van der Waals surface area contributed by atoms with Gasteiger partial charge in [0.1, 0.15) is 6.33 Å². The molecule has 0 fully saturated rings. The van der Waals surface area contributed by atoms with Gasteiger partial charge >= 0.3 is 0 Å². The van der Waals surface area contributed by atoms with Gasteiger partial charge in [0.15, 0.2) is 0 Å². The van der Waals surface area contributed by atoms with Crippen LogP contribution >= 0.6 is 23.3 Å². The average molecular weight is 189 g/mol. The molecule has 0 spiro atoms. The van der Waals surface area contributed by atoms with E-state index in [1.807, 2.05) is 11.8 Å². The number of rotatable bonds is 5. The lowest BCUT2D eigenvalue weighted by Gasteiger charge is -1.98. The van der Waals surface area contributed by atoms with Crippen LogP contribution in [0.2, 0.25) is 0 Å². The fourth-order valence-electron chi connectivity index (χ4n) is 0.663. The van der Waals surface area contributed by atoms with Gasteiger partial charge in [-0.3, -0.25) is 0 Å². The molecule has 1 N–H and O–H groups in total. The molecule has 5 heteroatoms. The summed E-state index contributed by atoms with van der Waals surface area (Å²) in [4.78, 5) is 4.00. The van der Waals surface area contributed by atoms with E-state index in [1.54, 1.807) is 6.33 Å². The number of thioether (sulfide) groups is 1. The first-order valence-corrected chi connectivity index (χ1v) is 5.59. The lowest BCUT2D eigenvalue weighted by atomic mass is 10.5. The first kappa shape index (κ1) is 8.80. The second kappa shape index (κ2) is 5.37. The van der Waals surface area contributed by atoms with E-state index in [4.69, 9.17) is 0 Å². The summed E-state index contributed by atoms with van der Waals surface area (Å²) in [6.45, 7) is 0.996. The molecule has 0 aliphatic heterocycles. The molecule has 1 aromatic rings. The van der Waals surface area contributed by atoms with E-state index in [9.17, 15) is 0 Å². The lowest BCUT2D eigenvalue weighted by molar-refractivity contribution is 0.989. The zero-order chi connectivity index (χ0) is 7.94. The van der Waals surface area contributed by atoms with Crippen LogP contribution in [0.5, 0.6) is 0 Å². The van der Waals surface area contributed by atoms with Crippen molar-refractivity contribution in [1.82, 2.24) is 9.36 Å². The van der Waals surface area contributed by atoms with Gasteiger partial charge in [-0.1, -0.05) is 0 Å². The van der Waals surface area contributed by atoms with Crippen LogP contribution in [0.15, 0.2) is 6.33 Å². The molecule has 0 atom stereocenters. The van der Waals surface area contributed by atoms with Gasteiger partial charge in [-0.2, -0.15) is 16.1 Å². The molecular formula is C6H11N3S2. The Hall–Kier alpha value is -0.290. The molecular weight excluding hydrogens is 178 g/mol. The number of hydrogen-bond acceptors (Lipinski definition) is 5. The van der Waals surface area contributed by atoms with E-state index in [0.29, 0.717) is 0 Å². The molecule has 0 amide bonds. The van der Waals surface area contributed by atoms with Crippen molar-refractivity contribution in [3.63, 3.8) is 0 Å². The number of aromatic nitrogens is 2. The Morgan fingerprint density at radius 3 is 3.27 bits per heavy atom. The van der Waals surface area contributed by atoms with Crippen LogP contribution in [0.1, 0.15) is 6.42 Å². The van der Waals surface area contributed by atoms with Crippen LogP contribution in [0, 0.1) is 0 Å². The molecule has 1 aromatic heterocycles. The Morgan fingerprint density at radius 1 is 1.73 bits per heavy atom. The van der Waals surface area contributed by atoms with Gasteiger partial charge < -0.3 is 5.32 Å². The Morgan fingerprint density at radius 2 is 2.64 bits per heavy atom. The molecule has 62 valence electrons. The largest absolute Gasteiger partial charge is 0.360 e. The van der Waals surface area contributed by atoms with Crippen LogP contribution in [0.25, 0.3) is 0 Å². The molecule has 0 radical (unpaired) electrons. The maximum absolute atomic E-state index is 4.00. The molecule has 1 rings (SSSR count). The smallest absolute Gasteiger partial charge is 0.202 e. The molecule has 0 aliphatic carbocycles. The summed E-state index contributed by atoms with van der Waals surface area (Å²) in [6, 6.07) is 0. The minimum absolute atomic E-state index is 0.922. The van der Waals surface area contributed by atoms with Gasteiger partial charge in [0.05, 0.1) is 0 Å². The lowest BCUT2D eigenvalue weighted by Crippen LogP contribution is -2.01. The second-order valence-electron chi connectivity index (χ2n) is 2.02. The fourth-order valence-corrected chi connectivity index (χ4v) is 1.55. The summed E-state index contributed by atoms with van der Waals surface area (Å²) >= 11 is 3.27. The Labute approximate surface area is 74.8 Å². The molecule has 1 heterocycles. The monoisotopic (exact) mass is 189 g/mol. The maximum Gasteiger partial charge on any atom is 0.202 e. The molecule has 0 bridgehead atoms. The highest BCUT2D eigenvalue weighted by Gasteiger charge is 1.92. The Balaban J connectivity index is 2.04. The molecule has 0 aliphatic rings. The van der Waals surface area contributed by atoms with Crippen LogP contribution < -0.4 is 5.32 Å². The van der Waals surface area contributed by atoms with Crippen molar-refractivity contribution in [2.75, 3.05) is 23.9 Å². The third-order valence-corrected chi connectivity index (χ3v) is 2.48. The zero-order valence-corrected chi connectivity index (χ0v) is 8.04. The quantitative estimate of drug-likeness (QED) is 0.715. The van der Waals surface area contributed by atoms with E-state index in [2.05, 4.69) is 20.9 Å². The summed E-state index contributed by atoms with van der Waals surface area (Å²) in [5.41, 5.74) is 0. The predicted molar refractivity (Wildman–Crippen MR) is 51.4 cm³/mol. The standard InChI is InChI=1S/C6H11N3S2/c1-10-4-2-3-7-6-8-5-9-11-6/h5H,2-4H2,1H3,(H,7,8,9). The summed E-state index contributed by atoms with van der Waals surface area (Å²) in [5, 5.41) is 4.11. The highest BCUT2D eigenvalue weighted by Crippen LogP contribution is 2.06. The van der Waals surface area contributed by atoms with Gasteiger partial charge in [-0.25, -0.2) is 4.98 Å². The third-order valence-electron chi connectivity index (χ3n) is 1.16. The average Bonchev–Trinajstić information content (AvgIpc) is 2.50. The summed E-state index contributed by atoms with van der Waals surface area (Å²) in [7, 11) is 0. The Bertz CT molecular complexity index is 176. The molecule has 0 aromatic carbocycles. The normalized spacial score (nSPS) is 9.91. The SMILES string of the molecule is CSCCCNc1ncns1. The summed E-state index contributed by atoms with van der Waals surface area (Å²) in [6.07, 6.45) is 4.87. The third kappa shape index (κ3) is 3.57. The minimum atomic E-state index is 0.922. The minimum Gasteiger partial charge on any atom is -0.360 e. The topological polar surface area (TPSA) is 37.8 Å². The van der Waals surface area contributed by atoms with Gasteiger partial charge in [-0.05, 0) is 18.4 Å². The highest BCUT2D eigenvalue weighted by atomic mass is 32.2. The summed E-state index contributed by atoms with van der Waals surface area (Å²) in [5.74, 6) is 1.20. The highest BCUT2D eigenvalue weighted by molar-refractivity contribution is 7.98. The zero-order valence-electron chi connectivity index (χ0n) is 6.41. The summed E-state index contributed by atoms with van der Waals surface area (Å²) < 4.78 is 3.88. The molecule has 3 nitrogen and oxygen atoms in total. The van der Waals surface area contributed by atoms with E-state index < -0.39 is 0 Å². The van der Waals surface area contributed by atoms with Crippen molar-refractivity contribution in [1.29, 1.82) is 0 Å². The van der Waals surface area contributed by atoms with Crippen LogP contribution in [-0.4, -0.2) is 27.9 Å². The van der Waals surface area contributed by atoms with Crippen molar-refractivity contribution in [2.24, 2.45) is 0 Å². The van der Waals surface area contributed by atoms with Crippen molar-refractivity contribution in [3.05, 3.63) is 6.33 Å². The van der Waals surface area contributed by atoms with Gasteiger partial charge in [-0.15, -0.1) is 0 Å².